The minimum absolute atomic E-state index is 0.0140. The van der Waals surface area contributed by atoms with Gasteiger partial charge in [0.15, 0.2) is 0 Å². The van der Waals surface area contributed by atoms with E-state index in [1.165, 1.54) is 24.3 Å². The van der Waals surface area contributed by atoms with E-state index < -0.39 is 25.3 Å². The van der Waals surface area contributed by atoms with Crippen LogP contribution in [-0.4, -0.2) is 51.4 Å². The summed E-state index contributed by atoms with van der Waals surface area (Å²) in [6.07, 6.45) is 1.68. The molecule has 1 saturated carbocycles. The van der Waals surface area contributed by atoms with E-state index in [4.69, 9.17) is 33.4 Å². The summed E-state index contributed by atoms with van der Waals surface area (Å²) in [6.45, 7) is 0.330. The maximum Gasteiger partial charge on any atom is 0.285 e. The van der Waals surface area contributed by atoms with Gasteiger partial charge in [0.1, 0.15) is 0 Å². The maximum absolute atomic E-state index is 13.4. The van der Waals surface area contributed by atoms with Gasteiger partial charge in [-0.3, -0.25) is 0 Å². The van der Waals surface area contributed by atoms with Crippen molar-refractivity contribution in [2.24, 2.45) is 14.6 Å². The zero-order valence-electron chi connectivity index (χ0n) is 21.9. The van der Waals surface area contributed by atoms with Gasteiger partial charge >= 0.3 is 0 Å². The summed E-state index contributed by atoms with van der Waals surface area (Å²) in [7, 11) is -7.79. The Hall–Kier alpha value is -2.96. The van der Waals surface area contributed by atoms with Crippen molar-refractivity contribution in [3.63, 3.8) is 0 Å². The molecular weight excluding hydrogens is 605 g/mol. The molecule has 13 heteroatoms. The third-order valence-electron chi connectivity index (χ3n) is 7.29. The van der Waals surface area contributed by atoms with Crippen LogP contribution in [0.4, 0.5) is 0 Å². The largest absolute Gasteiger partial charge is 0.351 e. The highest BCUT2D eigenvalue weighted by Gasteiger charge is 2.35. The summed E-state index contributed by atoms with van der Waals surface area (Å²) in [5.74, 6) is -0.121. The molecule has 41 heavy (non-hydrogen) atoms. The monoisotopic (exact) mass is 633 g/mol. The molecular formula is C28H29Cl2N5O4S2. The first-order valence-electron chi connectivity index (χ1n) is 13.1. The molecule has 1 aliphatic carbocycles. The number of hydrogen-bond acceptors (Lipinski definition) is 5. The molecule has 1 fully saturated rings. The van der Waals surface area contributed by atoms with E-state index in [-0.39, 0.29) is 22.8 Å². The van der Waals surface area contributed by atoms with Crippen LogP contribution in [0.5, 0.6) is 0 Å². The normalized spacial score (nSPS) is 21.9. The molecule has 5 rings (SSSR count). The van der Waals surface area contributed by atoms with Crippen molar-refractivity contribution >= 4 is 54.9 Å². The molecule has 0 radical (unpaired) electrons. The summed E-state index contributed by atoms with van der Waals surface area (Å²) in [6, 6.07) is 22.7. The molecule has 1 heterocycles. The van der Waals surface area contributed by atoms with Crippen LogP contribution in [0.1, 0.15) is 42.7 Å². The van der Waals surface area contributed by atoms with Gasteiger partial charge in [-0.25, -0.2) is 18.6 Å². The molecule has 0 bridgehead atoms. The molecule has 2 aliphatic rings. The van der Waals surface area contributed by atoms with Crippen molar-refractivity contribution in [1.82, 2.24) is 10.3 Å². The van der Waals surface area contributed by atoms with E-state index >= 15 is 0 Å². The summed E-state index contributed by atoms with van der Waals surface area (Å²) in [5.41, 5.74) is 2.60. The standard InChI is InChI=1S/C28H29Cl2N5O4S2/c29-21-8-6-20(7-9-21)27-26(19-4-2-1-3-5-19)18-35(33-27)28(32-23-12-16-24(17-13-23)40(31,36)37)34-41(38,39)25-14-10-22(30)11-15-25/h1-11,14-15,23-24,26H,12-13,16-18H2,(H,32,34)(H2,31,36,37). The number of primary sulfonamides is 1. The maximum atomic E-state index is 13.4. The van der Waals surface area contributed by atoms with Gasteiger partial charge in [-0.05, 0) is 73.2 Å². The third-order valence-corrected chi connectivity index (χ3v) is 10.5. The van der Waals surface area contributed by atoms with E-state index in [2.05, 4.69) is 9.71 Å². The lowest BCUT2D eigenvalue weighted by atomic mass is 9.91. The van der Waals surface area contributed by atoms with Gasteiger partial charge in [-0.2, -0.15) is 13.5 Å². The van der Waals surface area contributed by atoms with Crippen molar-refractivity contribution in [2.75, 3.05) is 6.54 Å². The Morgan fingerprint density at radius 1 is 0.854 bits per heavy atom. The van der Waals surface area contributed by atoms with Crippen molar-refractivity contribution in [2.45, 2.75) is 47.8 Å². The van der Waals surface area contributed by atoms with E-state index in [1.807, 2.05) is 42.5 Å². The smallest absolute Gasteiger partial charge is 0.285 e. The number of hydrazone groups is 1. The van der Waals surface area contributed by atoms with Gasteiger partial charge in [0.2, 0.25) is 16.0 Å². The molecule has 216 valence electrons. The Labute approximate surface area is 250 Å². The number of rotatable bonds is 6. The van der Waals surface area contributed by atoms with Crippen LogP contribution in [0.2, 0.25) is 10.0 Å². The molecule has 1 unspecified atom stereocenters. The zero-order valence-corrected chi connectivity index (χ0v) is 25.0. The summed E-state index contributed by atoms with van der Waals surface area (Å²) in [5, 5.41) is 15.4. The van der Waals surface area contributed by atoms with Crippen LogP contribution < -0.4 is 10.5 Å². The van der Waals surface area contributed by atoms with Crippen molar-refractivity contribution in [3.8, 4) is 0 Å². The number of halogens is 2. The van der Waals surface area contributed by atoms with E-state index in [0.29, 0.717) is 42.3 Å². The van der Waals surface area contributed by atoms with E-state index in [1.54, 1.807) is 17.1 Å². The summed E-state index contributed by atoms with van der Waals surface area (Å²) < 4.78 is 54.8. The van der Waals surface area contributed by atoms with Crippen LogP contribution in [-0.2, 0) is 20.0 Å². The molecule has 9 nitrogen and oxygen atoms in total. The number of nitrogens with two attached hydrogens (primary N) is 1. The predicted octanol–water partition coefficient (Wildman–Crippen LogP) is 4.73. The summed E-state index contributed by atoms with van der Waals surface area (Å²) in [4.78, 5) is -0.0140. The highest BCUT2D eigenvalue weighted by Crippen LogP contribution is 2.31. The lowest BCUT2D eigenvalue weighted by Crippen LogP contribution is -2.47. The first-order chi connectivity index (χ1) is 19.5. The highest BCUT2D eigenvalue weighted by molar-refractivity contribution is 7.90. The first-order valence-corrected chi connectivity index (χ1v) is 16.9. The average Bonchev–Trinajstić information content (AvgIpc) is 3.39. The van der Waals surface area contributed by atoms with Crippen LogP contribution in [0.25, 0.3) is 0 Å². The van der Waals surface area contributed by atoms with E-state index in [9.17, 15) is 16.8 Å². The number of sulfonamides is 2. The molecule has 0 aromatic heterocycles. The van der Waals surface area contributed by atoms with Crippen LogP contribution >= 0.6 is 23.2 Å². The lowest BCUT2D eigenvalue weighted by Gasteiger charge is -2.30. The zero-order chi connectivity index (χ0) is 29.2. The molecule has 3 aromatic rings. The second kappa shape index (κ2) is 12.1. The molecule has 0 amide bonds. The lowest BCUT2D eigenvalue weighted by molar-refractivity contribution is 0.381. The molecule has 3 aromatic carbocycles. The SMILES string of the molecule is NS(=O)(=O)C1CCC(NC(=NS(=O)(=O)c2ccc(Cl)cc2)N2CC(c3ccccc3)C(c3ccc(Cl)cc3)=N2)CC1. The number of benzene rings is 3. The van der Waals surface area contributed by atoms with Crippen LogP contribution in [0, 0.1) is 0 Å². The Balaban J connectivity index is 1.52. The predicted molar refractivity (Wildman–Crippen MR) is 162 cm³/mol. The molecule has 0 saturated heterocycles. The molecule has 3 N–H and O–H groups in total. The van der Waals surface area contributed by atoms with Gasteiger partial charge in [0.05, 0.1) is 22.4 Å². The number of nitrogens with zero attached hydrogens (tertiary/aromatic N) is 3. The number of hydrogen-bond donors (Lipinski definition) is 2. The van der Waals surface area contributed by atoms with Crippen LogP contribution in [0.3, 0.4) is 0 Å². The number of nitrogens with one attached hydrogen (secondary N) is 1. The molecule has 0 spiro atoms. The van der Waals surface area contributed by atoms with Gasteiger partial charge in [0.25, 0.3) is 10.0 Å². The quantitative estimate of drug-likeness (QED) is 0.298. The van der Waals surface area contributed by atoms with Gasteiger partial charge in [0, 0.05) is 22.0 Å². The Morgan fingerprint density at radius 2 is 1.44 bits per heavy atom. The Kier molecular flexibility index (Phi) is 8.72. The second-order valence-electron chi connectivity index (χ2n) is 10.1. The average molecular weight is 635 g/mol. The first kappa shape index (κ1) is 29.5. The van der Waals surface area contributed by atoms with Gasteiger partial charge in [-0.15, -0.1) is 4.40 Å². The van der Waals surface area contributed by atoms with Gasteiger partial charge < -0.3 is 5.32 Å². The minimum atomic E-state index is -4.15. The van der Waals surface area contributed by atoms with Crippen LogP contribution in [0.15, 0.2) is 93.3 Å². The van der Waals surface area contributed by atoms with E-state index in [0.717, 1.165) is 16.8 Å². The number of guanidine groups is 1. The van der Waals surface area contributed by atoms with Crippen molar-refractivity contribution < 1.29 is 16.8 Å². The fraction of sp³-hybridized carbons (Fsp3) is 0.286. The summed E-state index contributed by atoms with van der Waals surface area (Å²) >= 11 is 12.1. The Bertz CT molecular complexity index is 1660. The van der Waals surface area contributed by atoms with Gasteiger partial charge in [-0.1, -0.05) is 65.7 Å². The Morgan fingerprint density at radius 3 is 2.02 bits per heavy atom. The van der Waals surface area contributed by atoms with Crippen molar-refractivity contribution in [1.29, 1.82) is 0 Å². The minimum Gasteiger partial charge on any atom is -0.351 e. The third kappa shape index (κ3) is 7.10. The van der Waals surface area contributed by atoms with Crippen molar-refractivity contribution in [3.05, 3.63) is 100 Å². The topological polar surface area (TPSA) is 134 Å². The fourth-order valence-electron chi connectivity index (χ4n) is 5.10. The fourth-order valence-corrected chi connectivity index (χ4v) is 7.24. The second-order valence-corrected chi connectivity index (χ2v) is 14.4. The molecule has 1 aliphatic heterocycles. The molecule has 1 atom stereocenters. The highest BCUT2D eigenvalue weighted by atomic mass is 35.5.